The number of phenolic OH excluding ortho intramolecular Hbond substituents is 1. The second kappa shape index (κ2) is 6.77. The van der Waals surface area contributed by atoms with Gasteiger partial charge in [0.1, 0.15) is 5.75 Å². The maximum absolute atomic E-state index is 13.3. The lowest BCUT2D eigenvalue weighted by atomic mass is 9.77. The van der Waals surface area contributed by atoms with Gasteiger partial charge in [-0.15, -0.1) is 0 Å². The third-order valence-electron chi connectivity index (χ3n) is 5.19. The van der Waals surface area contributed by atoms with Crippen LogP contribution >= 0.6 is 0 Å². The Morgan fingerprint density at radius 3 is 2.07 bits per heavy atom. The van der Waals surface area contributed by atoms with Gasteiger partial charge in [0.05, 0.1) is 5.56 Å². The fraction of sp³-hybridized carbons (Fsp3) is 0.417. The standard InChI is InChI=1S/C24H28O4/c1-23(2,3)17-11-15(12-18(21(17)26)24(4,5)6)20(25)19-13-14-9-7-8-10-16(14)22(27)28-19/h7-12,19,26H,13H2,1-6H3. The van der Waals surface area contributed by atoms with Gasteiger partial charge in [0.25, 0.3) is 0 Å². The van der Waals surface area contributed by atoms with E-state index in [-0.39, 0.29) is 22.4 Å². The highest BCUT2D eigenvalue weighted by Crippen LogP contribution is 2.40. The predicted octanol–water partition coefficient (Wildman–Crippen LogP) is 4.95. The highest BCUT2D eigenvalue weighted by molar-refractivity contribution is 6.04. The molecule has 1 aliphatic heterocycles. The number of aromatic hydroxyl groups is 1. The first-order valence-corrected chi connectivity index (χ1v) is 9.60. The summed E-state index contributed by atoms with van der Waals surface area (Å²) < 4.78 is 5.46. The largest absolute Gasteiger partial charge is 0.507 e. The smallest absolute Gasteiger partial charge is 0.339 e. The molecule has 0 saturated heterocycles. The second-order valence-corrected chi connectivity index (χ2v) is 9.54. The molecule has 0 fully saturated rings. The van der Waals surface area contributed by atoms with Gasteiger partial charge in [-0.2, -0.15) is 0 Å². The van der Waals surface area contributed by atoms with Crippen molar-refractivity contribution in [1.29, 1.82) is 0 Å². The van der Waals surface area contributed by atoms with Crippen LogP contribution in [0.3, 0.4) is 0 Å². The minimum atomic E-state index is -0.854. The highest BCUT2D eigenvalue weighted by atomic mass is 16.5. The molecule has 3 rings (SSSR count). The topological polar surface area (TPSA) is 63.6 Å². The summed E-state index contributed by atoms with van der Waals surface area (Å²) in [5, 5.41) is 10.9. The molecule has 0 bridgehead atoms. The van der Waals surface area contributed by atoms with E-state index in [1.807, 2.05) is 53.7 Å². The van der Waals surface area contributed by atoms with E-state index in [1.54, 1.807) is 24.3 Å². The van der Waals surface area contributed by atoms with Gasteiger partial charge in [-0.05, 0) is 34.6 Å². The van der Waals surface area contributed by atoms with Crippen LogP contribution in [0.25, 0.3) is 0 Å². The van der Waals surface area contributed by atoms with Crippen LogP contribution in [0.5, 0.6) is 5.75 Å². The number of hydrogen-bond donors (Lipinski definition) is 1. The van der Waals surface area contributed by atoms with Crippen molar-refractivity contribution < 1.29 is 19.4 Å². The number of ketones is 1. The average molecular weight is 380 g/mol. The van der Waals surface area contributed by atoms with Gasteiger partial charge in [0.2, 0.25) is 5.78 Å². The second-order valence-electron chi connectivity index (χ2n) is 9.54. The molecule has 1 N–H and O–H groups in total. The predicted molar refractivity (Wildman–Crippen MR) is 109 cm³/mol. The molecule has 28 heavy (non-hydrogen) atoms. The van der Waals surface area contributed by atoms with Crippen molar-refractivity contribution in [3.63, 3.8) is 0 Å². The molecule has 0 spiro atoms. The van der Waals surface area contributed by atoms with Crippen molar-refractivity contribution in [2.45, 2.75) is 64.9 Å². The molecule has 0 amide bonds. The van der Waals surface area contributed by atoms with Gasteiger partial charge >= 0.3 is 5.97 Å². The van der Waals surface area contributed by atoms with Gasteiger partial charge in [-0.25, -0.2) is 4.79 Å². The zero-order chi connectivity index (χ0) is 20.9. The maximum atomic E-state index is 13.3. The van der Waals surface area contributed by atoms with Gasteiger partial charge in [-0.3, -0.25) is 4.79 Å². The van der Waals surface area contributed by atoms with Crippen molar-refractivity contribution in [2.24, 2.45) is 0 Å². The quantitative estimate of drug-likeness (QED) is 0.591. The molecule has 4 heteroatoms. The molecule has 148 valence electrons. The number of phenols is 1. The van der Waals surface area contributed by atoms with E-state index in [1.165, 1.54) is 0 Å². The van der Waals surface area contributed by atoms with Crippen molar-refractivity contribution in [3.05, 3.63) is 64.2 Å². The Morgan fingerprint density at radius 1 is 1.00 bits per heavy atom. The molecule has 1 unspecified atom stereocenters. The number of hydrogen-bond acceptors (Lipinski definition) is 4. The molecular weight excluding hydrogens is 352 g/mol. The highest BCUT2D eigenvalue weighted by Gasteiger charge is 2.34. The van der Waals surface area contributed by atoms with E-state index in [2.05, 4.69) is 0 Å². The number of esters is 1. The fourth-order valence-electron chi connectivity index (χ4n) is 3.58. The molecule has 0 radical (unpaired) electrons. The zero-order valence-corrected chi connectivity index (χ0v) is 17.4. The number of fused-ring (bicyclic) bond motifs is 1. The summed E-state index contributed by atoms with van der Waals surface area (Å²) in [5.41, 5.74) is 2.55. The number of benzene rings is 2. The van der Waals surface area contributed by atoms with Crippen molar-refractivity contribution in [3.8, 4) is 5.75 Å². The lowest BCUT2D eigenvalue weighted by Crippen LogP contribution is -2.34. The van der Waals surface area contributed by atoms with Gasteiger partial charge < -0.3 is 9.84 Å². The van der Waals surface area contributed by atoms with E-state index >= 15 is 0 Å². The molecule has 0 saturated carbocycles. The molecule has 2 aromatic rings. The first kappa shape index (κ1) is 20.1. The Kier molecular flexibility index (Phi) is 4.86. The van der Waals surface area contributed by atoms with Crippen LogP contribution < -0.4 is 0 Å². The van der Waals surface area contributed by atoms with Crippen LogP contribution in [0, 0.1) is 0 Å². The number of ether oxygens (including phenoxy) is 1. The Bertz CT molecular complexity index is 907. The Hall–Kier alpha value is -2.62. The van der Waals surface area contributed by atoms with E-state index in [4.69, 9.17) is 4.74 Å². The van der Waals surface area contributed by atoms with E-state index < -0.39 is 12.1 Å². The van der Waals surface area contributed by atoms with Gasteiger partial charge in [0, 0.05) is 23.1 Å². The molecule has 1 heterocycles. The van der Waals surface area contributed by atoms with Gasteiger partial charge in [-0.1, -0.05) is 59.7 Å². The maximum Gasteiger partial charge on any atom is 0.339 e. The van der Waals surface area contributed by atoms with E-state index in [0.29, 0.717) is 28.7 Å². The summed E-state index contributed by atoms with van der Waals surface area (Å²) in [6.07, 6.45) is -0.496. The summed E-state index contributed by atoms with van der Waals surface area (Å²) in [6.45, 7) is 12.0. The molecule has 0 aromatic heterocycles. The molecule has 4 nitrogen and oxygen atoms in total. The third kappa shape index (κ3) is 3.68. The normalized spacial score (nSPS) is 17.1. The molecular formula is C24H28O4. The average Bonchev–Trinajstić information content (AvgIpc) is 2.59. The van der Waals surface area contributed by atoms with Crippen molar-refractivity contribution >= 4 is 11.8 Å². The molecule has 1 atom stereocenters. The Balaban J connectivity index is 2.06. The Morgan fingerprint density at radius 2 is 1.54 bits per heavy atom. The minimum Gasteiger partial charge on any atom is -0.507 e. The fourth-order valence-corrected chi connectivity index (χ4v) is 3.58. The first-order valence-electron chi connectivity index (χ1n) is 9.60. The van der Waals surface area contributed by atoms with Gasteiger partial charge in [0.15, 0.2) is 6.10 Å². The summed E-state index contributed by atoms with van der Waals surface area (Å²) in [5.74, 6) is -0.479. The van der Waals surface area contributed by atoms with E-state index in [0.717, 1.165) is 5.56 Å². The zero-order valence-electron chi connectivity index (χ0n) is 17.4. The minimum absolute atomic E-state index is 0.225. The van der Waals surface area contributed by atoms with Crippen LogP contribution in [0.4, 0.5) is 0 Å². The van der Waals surface area contributed by atoms with Crippen LogP contribution in [0.15, 0.2) is 36.4 Å². The van der Waals surface area contributed by atoms with Crippen LogP contribution in [-0.4, -0.2) is 23.0 Å². The summed E-state index contributed by atoms with van der Waals surface area (Å²) >= 11 is 0. The molecule has 0 aliphatic carbocycles. The summed E-state index contributed by atoms with van der Waals surface area (Å²) in [6, 6.07) is 10.7. The van der Waals surface area contributed by atoms with Crippen molar-refractivity contribution in [1.82, 2.24) is 0 Å². The summed E-state index contributed by atoms with van der Waals surface area (Å²) in [7, 11) is 0. The molecule has 1 aliphatic rings. The number of Topliss-reactive ketones (excluding diaryl/α,β-unsaturated/α-hetero) is 1. The lowest BCUT2D eigenvalue weighted by Gasteiger charge is -2.29. The monoisotopic (exact) mass is 380 g/mol. The van der Waals surface area contributed by atoms with Crippen LogP contribution in [-0.2, 0) is 22.0 Å². The lowest BCUT2D eigenvalue weighted by molar-refractivity contribution is 0.0248. The van der Waals surface area contributed by atoms with Crippen LogP contribution in [0.1, 0.15) is 78.9 Å². The molecule has 2 aromatic carbocycles. The third-order valence-corrected chi connectivity index (χ3v) is 5.19. The first-order chi connectivity index (χ1) is 12.9. The SMILES string of the molecule is CC(C)(C)c1cc(C(=O)C2Cc3ccccc3C(=O)O2)cc(C(C)(C)C)c1O. The summed E-state index contributed by atoms with van der Waals surface area (Å²) in [4.78, 5) is 25.6. The number of rotatable bonds is 2. The number of carbonyl (C=O) groups excluding carboxylic acids is 2. The van der Waals surface area contributed by atoms with E-state index in [9.17, 15) is 14.7 Å². The Labute approximate surface area is 166 Å². The van der Waals surface area contributed by atoms with Crippen molar-refractivity contribution in [2.75, 3.05) is 0 Å². The van der Waals surface area contributed by atoms with Crippen LogP contribution in [0.2, 0.25) is 0 Å². The number of cyclic esters (lactones) is 1. The number of carbonyl (C=O) groups is 2.